The predicted octanol–water partition coefficient (Wildman–Crippen LogP) is 4.82. The van der Waals surface area contributed by atoms with Crippen LogP contribution in [-0.4, -0.2) is 11.3 Å². The molecule has 21 heavy (non-hydrogen) atoms. The predicted molar refractivity (Wildman–Crippen MR) is 75.0 cm³/mol. The number of nitrogen functional groups attached to an aromatic ring is 1. The number of nitrogens with zero attached hydrogens (tertiary/aromatic N) is 1. The van der Waals surface area contributed by atoms with Crippen LogP contribution in [0.3, 0.4) is 0 Å². The monoisotopic (exact) mass is 316 g/mol. The van der Waals surface area contributed by atoms with E-state index in [1.807, 2.05) is 17.5 Å². The molecule has 0 aromatic carbocycles. The molecule has 3 nitrogen and oxygen atoms in total. The molecule has 3 rings (SSSR count). The standard InChI is InChI=1S/C14H15F3N2OS/c15-14(16,17)9-4-1-3-8(7-9)12-11(13(18)20-19-12)10-5-2-6-21-10/h2,5-6,8-9H,1,3-4,7,18H2. The fraction of sp³-hybridized carbons (Fsp3) is 0.500. The van der Waals surface area contributed by atoms with E-state index in [4.69, 9.17) is 10.3 Å². The van der Waals surface area contributed by atoms with Gasteiger partial charge in [0.1, 0.15) is 0 Å². The van der Waals surface area contributed by atoms with Crippen LogP contribution in [0.15, 0.2) is 22.0 Å². The van der Waals surface area contributed by atoms with E-state index in [9.17, 15) is 13.2 Å². The second-order valence-corrected chi connectivity index (χ2v) is 6.33. The zero-order valence-corrected chi connectivity index (χ0v) is 12.0. The highest BCUT2D eigenvalue weighted by Crippen LogP contribution is 2.46. The second kappa shape index (κ2) is 5.36. The zero-order chi connectivity index (χ0) is 15.0. The molecule has 2 N–H and O–H groups in total. The summed E-state index contributed by atoms with van der Waals surface area (Å²) in [4.78, 5) is 0.887. The molecule has 1 aliphatic carbocycles. The van der Waals surface area contributed by atoms with Crippen molar-refractivity contribution in [2.75, 3.05) is 5.73 Å². The summed E-state index contributed by atoms with van der Waals surface area (Å²) >= 11 is 1.48. The summed E-state index contributed by atoms with van der Waals surface area (Å²) in [6, 6.07) is 3.75. The van der Waals surface area contributed by atoms with Crippen molar-refractivity contribution in [2.24, 2.45) is 5.92 Å². The van der Waals surface area contributed by atoms with Crippen LogP contribution < -0.4 is 5.73 Å². The molecule has 1 aliphatic rings. The largest absolute Gasteiger partial charge is 0.391 e. The maximum absolute atomic E-state index is 12.9. The van der Waals surface area contributed by atoms with Gasteiger partial charge in [0.05, 0.1) is 17.2 Å². The van der Waals surface area contributed by atoms with Gasteiger partial charge in [0.2, 0.25) is 5.88 Å². The van der Waals surface area contributed by atoms with E-state index in [0.717, 1.165) is 4.88 Å². The fourth-order valence-electron chi connectivity index (χ4n) is 3.00. The van der Waals surface area contributed by atoms with Crippen molar-refractivity contribution < 1.29 is 17.7 Å². The average Bonchev–Trinajstić information content (AvgIpc) is 3.06. The number of thiophene rings is 1. The molecule has 0 bridgehead atoms. The van der Waals surface area contributed by atoms with Gasteiger partial charge in [0.25, 0.3) is 0 Å². The van der Waals surface area contributed by atoms with Crippen LogP contribution in [-0.2, 0) is 0 Å². The third kappa shape index (κ3) is 2.79. The van der Waals surface area contributed by atoms with Crippen molar-refractivity contribution in [1.29, 1.82) is 0 Å². The maximum Gasteiger partial charge on any atom is 0.391 e. The van der Waals surface area contributed by atoms with Gasteiger partial charge in [-0.15, -0.1) is 11.3 Å². The normalized spacial score (nSPS) is 23.4. The summed E-state index contributed by atoms with van der Waals surface area (Å²) in [6.45, 7) is 0. The van der Waals surface area contributed by atoms with Crippen molar-refractivity contribution in [3.8, 4) is 10.4 Å². The smallest absolute Gasteiger partial charge is 0.367 e. The van der Waals surface area contributed by atoms with Gasteiger partial charge in [-0.25, -0.2) is 0 Å². The van der Waals surface area contributed by atoms with E-state index in [0.29, 0.717) is 24.1 Å². The molecule has 7 heteroatoms. The SMILES string of the molecule is Nc1onc(C2CCCC(C(F)(F)F)C2)c1-c1cccs1. The summed E-state index contributed by atoms with van der Waals surface area (Å²) in [5.41, 5.74) is 7.05. The van der Waals surface area contributed by atoms with Crippen molar-refractivity contribution >= 4 is 17.2 Å². The fourth-order valence-corrected chi connectivity index (χ4v) is 3.78. The van der Waals surface area contributed by atoms with Gasteiger partial charge in [-0.3, -0.25) is 0 Å². The minimum atomic E-state index is -4.14. The Balaban J connectivity index is 1.91. The second-order valence-electron chi connectivity index (χ2n) is 5.39. The molecule has 1 fully saturated rings. The minimum absolute atomic E-state index is 0.0633. The molecule has 2 unspecified atom stereocenters. The van der Waals surface area contributed by atoms with Crippen LogP contribution in [0, 0.1) is 5.92 Å². The number of nitrogens with two attached hydrogens (primary N) is 1. The number of anilines is 1. The highest BCUT2D eigenvalue weighted by molar-refractivity contribution is 7.13. The highest BCUT2D eigenvalue weighted by atomic mass is 32.1. The number of halogens is 3. The van der Waals surface area contributed by atoms with Gasteiger partial charge >= 0.3 is 6.18 Å². The first-order valence-electron chi connectivity index (χ1n) is 6.82. The third-order valence-corrected chi connectivity index (χ3v) is 4.92. The summed E-state index contributed by atoms with van der Waals surface area (Å²) in [6.07, 6.45) is -2.64. The Kier molecular flexibility index (Phi) is 3.69. The van der Waals surface area contributed by atoms with Crippen molar-refractivity contribution in [3.05, 3.63) is 23.2 Å². The molecule has 2 aromatic rings. The molecular formula is C14H15F3N2OS. The Morgan fingerprint density at radius 1 is 1.33 bits per heavy atom. The van der Waals surface area contributed by atoms with Crippen LogP contribution in [0.2, 0.25) is 0 Å². The van der Waals surface area contributed by atoms with E-state index in [2.05, 4.69) is 5.16 Å². The molecule has 0 spiro atoms. The molecule has 0 saturated heterocycles. The molecule has 0 radical (unpaired) electrons. The lowest BCUT2D eigenvalue weighted by Gasteiger charge is -2.29. The zero-order valence-electron chi connectivity index (χ0n) is 11.2. The Morgan fingerprint density at radius 2 is 2.14 bits per heavy atom. The number of alkyl halides is 3. The van der Waals surface area contributed by atoms with Crippen molar-refractivity contribution in [2.45, 2.75) is 37.8 Å². The molecule has 0 amide bonds. The van der Waals surface area contributed by atoms with Gasteiger partial charge < -0.3 is 10.3 Å². The first kappa shape index (κ1) is 14.4. The first-order chi connectivity index (χ1) is 9.97. The van der Waals surface area contributed by atoms with Crippen LogP contribution in [0.5, 0.6) is 0 Å². The van der Waals surface area contributed by atoms with Gasteiger partial charge in [0, 0.05) is 10.8 Å². The number of aromatic nitrogens is 1. The average molecular weight is 316 g/mol. The van der Waals surface area contributed by atoms with E-state index in [1.165, 1.54) is 11.3 Å². The molecule has 1 saturated carbocycles. The van der Waals surface area contributed by atoms with Crippen LogP contribution in [0.25, 0.3) is 10.4 Å². The van der Waals surface area contributed by atoms with Crippen molar-refractivity contribution in [1.82, 2.24) is 5.16 Å². The summed E-state index contributed by atoms with van der Waals surface area (Å²) in [5.74, 6) is -1.32. The number of rotatable bonds is 2. The van der Waals surface area contributed by atoms with E-state index in [1.54, 1.807) is 0 Å². The summed E-state index contributed by atoms with van der Waals surface area (Å²) < 4.78 is 43.9. The van der Waals surface area contributed by atoms with Gasteiger partial charge in [-0.2, -0.15) is 13.2 Å². The van der Waals surface area contributed by atoms with E-state index in [-0.39, 0.29) is 24.6 Å². The summed E-state index contributed by atoms with van der Waals surface area (Å²) in [7, 11) is 0. The topological polar surface area (TPSA) is 52.0 Å². The van der Waals surface area contributed by atoms with Crippen LogP contribution in [0.1, 0.15) is 37.3 Å². The maximum atomic E-state index is 12.9. The first-order valence-corrected chi connectivity index (χ1v) is 7.70. The number of hydrogen-bond donors (Lipinski definition) is 1. The Morgan fingerprint density at radius 3 is 2.81 bits per heavy atom. The molecule has 114 valence electrons. The van der Waals surface area contributed by atoms with Gasteiger partial charge in [-0.1, -0.05) is 17.6 Å². The molecule has 2 atom stereocenters. The van der Waals surface area contributed by atoms with E-state index < -0.39 is 12.1 Å². The minimum Gasteiger partial charge on any atom is -0.367 e. The van der Waals surface area contributed by atoms with Gasteiger partial charge in [-0.05, 0) is 30.7 Å². The molecule has 2 heterocycles. The summed E-state index contributed by atoms with van der Waals surface area (Å²) in [5, 5.41) is 5.84. The lowest BCUT2D eigenvalue weighted by molar-refractivity contribution is -0.183. The van der Waals surface area contributed by atoms with E-state index >= 15 is 0 Å². The lowest BCUT2D eigenvalue weighted by Crippen LogP contribution is -2.28. The highest BCUT2D eigenvalue weighted by Gasteiger charge is 2.43. The Labute approximate surface area is 123 Å². The Hall–Kier alpha value is -1.50. The van der Waals surface area contributed by atoms with Gasteiger partial charge in [0.15, 0.2) is 0 Å². The van der Waals surface area contributed by atoms with Crippen LogP contribution in [0.4, 0.5) is 19.1 Å². The molecular weight excluding hydrogens is 301 g/mol. The quantitative estimate of drug-likeness (QED) is 0.864. The molecule has 0 aliphatic heterocycles. The van der Waals surface area contributed by atoms with Crippen molar-refractivity contribution in [3.63, 3.8) is 0 Å². The van der Waals surface area contributed by atoms with Crippen LogP contribution >= 0.6 is 11.3 Å². The molecule has 2 aromatic heterocycles. The third-order valence-electron chi connectivity index (χ3n) is 4.04. The lowest BCUT2D eigenvalue weighted by atomic mass is 9.78. The Bertz CT molecular complexity index is 606. The number of hydrogen-bond acceptors (Lipinski definition) is 4.